The molecule has 92 valence electrons. The van der Waals surface area contributed by atoms with E-state index in [0.29, 0.717) is 5.69 Å². The molecule has 0 aliphatic carbocycles. The van der Waals surface area contributed by atoms with E-state index in [1.54, 1.807) is 0 Å². The molecule has 0 fully saturated rings. The van der Waals surface area contributed by atoms with Gasteiger partial charge in [0.25, 0.3) is 0 Å². The van der Waals surface area contributed by atoms with Gasteiger partial charge in [-0.25, -0.2) is 0 Å². The van der Waals surface area contributed by atoms with Crippen LogP contribution in [0.4, 0.5) is 11.4 Å². The molecule has 18 heavy (non-hydrogen) atoms. The zero-order chi connectivity index (χ0) is 13.1. The summed E-state index contributed by atoms with van der Waals surface area (Å²) in [6, 6.07) is 8.48. The number of benzene rings is 2. The van der Waals surface area contributed by atoms with Crippen molar-refractivity contribution in [2.75, 3.05) is 0 Å². The Morgan fingerprint density at radius 2 is 1.33 bits per heavy atom. The van der Waals surface area contributed by atoms with Crippen molar-refractivity contribution in [2.24, 2.45) is 10.2 Å². The Kier molecular flexibility index (Phi) is 3.01. The summed E-state index contributed by atoms with van der Waals surface area (Å²) in [7, 11) is 0. The summed E-state index contributed by atoms with van der Waals surface area (Å²) in [5.41, 5.74) is 0.498. The van der Waals surface area contributed by atoms with Gasteiger partial charge in [-0.1, -0.05) is 0 Å². The van der Waals surface area contributed by atoms with Gasteiger partial charge in [0.05, 0.1) is 5.69 Å². The van der Waals surface area contributed by atoms with E-state index in [0.717, 1.165) is 0 Å². The van der Waals surface area contributed by atoms with Crippen LogP contribution in [0.1, 0.15) is 0 Å². The Hall–Kier alpha value is -2.76. The molecule has 2 rings (SSSR count). The molecule has 0 saturated carbocycles. The number of rotatable bonds is 2. The minimum absolute atomic E-state index is 0.0263. The molecule has 2 aromatic carbocycles. The molecule has 0 spiro atoms. The van der Waals surface area contributed by atoms with Crippen LogP contribution in [0.5, 0.6) is 23.0 Å². The summed E-state index contributed by atoms with van der Waals surface area (Å²) in [5, 5.41) is 44.5. The van der Waals surface area contributed by atoms with Crippen molar-refractivity contribution in [1.82, 2.24) is 0 Å². The predicted molar refractivity (Wildman–Crippen MR) is 63.7 cm³/mol. The van der Waals surface area contributed by atoms with Gasteiger partial charge >= 0.3 is 0 Å². The first-order valence-corrected chi connectivity index (χ1v) is 5.02. The molecular weight excluding hydrogens is 236 g/mol. The Bertz CT molecular complexity index is 594. The van der Waals surface area contributed by atoms with Crippen LogP contribution in [0.15, 0.2) is 46.6 Å². The van der Waals surface area contributed by atoms with Crippen molar-refractivity contribution < 1.29 is 20.4 Å². The fourth-order valence-corrected chi connectivity index (χ4v) is 1.27. The van der Waals surface area contributed by atoms with Gasteiger partial charge in [-0.15, -0.1) is 5.11 Å². The van der Waals surface area contributed by atoms with Crippen molar-refractivity contribution in [1.29, 1.82) is 0 Å². The van der Waals surface area contributed by atoms with Crippen molar-refractivity contribution in [3.8, 4) is 23.0 Å². The summed E-state index contributed by atoms with van der Waals surface area (Å²) >= 11 is 0. The maximum Gasteiger partial charge on any atom is 0.202 e. The highest BCUT2D eigenvalue weighted by Crippen LogP contribution is 2.42. The van der Waals surface area contributed by atoms with Gasteiger partial charge in [0.15, 0.2) is 11.5 Å². The highest BCUT2D eigenvalue weighted by molar-refractivity contribution is 5.63. The Labute approximate surface area is 102 Å². The van der Waals surface area contributed by atoms with Crippen LogP contribution in [-0.4, -0.2) is 20.4 Å². The molecule has 0 aromatic heterocycles. The molecule has 6 nitrogen and oxygen atoms in total. The third-order valence-corrected chi connectivity index (χ3v) is 2.23. The summed E-state index contributed by atoms with van der Waals surface area (Å²) in [6.07, 6.45) is 0. The van der Waals surface area contributed by atoms with Gasteiger partial charge in [0.2, 0.25) is 5.75 Å². The van der Waals surface area contributed by atoms with Crippen molar-refractivity contribution >= 4 is 11.4 Å². The number of hydrogen-bond donors (Lipinski definition) is 4. The highest BCUT2D eigenvalue weighted by Gasteiger charge is 2.10. The topological polar surface area (TPSA) is 106 Å². The van der Waals surface area contributed by atoms with E-state index in [1.807, 2.05) is 0 Å². The van der Waals surface area contributed by atoms with Gasteiger partial charge in [0, 0.05) is 0 Å². The number of nitrogens with zero attached hydrogens (tertiary/aromatic N) is 2. The third-order valence-electron chi connectivity index (χ3n) is 2.23. The van der Waals surface area contributed by atoms with E-state index in [9.17, 15) is 10.2 Å². The number of azo groups is 1. The quantitative estimate of drug-likeness (QED) is 0.482. The van der Waals surface area contributed by atoms with Crippen molar-refractivity contribution in [3.63, 3.8) is 0 Å². The third kappa shape index (κ3) is 2.32. The van der Waals surface area contributed by atoms with E-state index < -0.39 is 17.2 Å². The minimum Gasteiger partial charge on any atom is -0.508 e. The lowest BCUT2D eigenvalue weighted by Gasteiger charge is -2.02. The molecule has 0 bridgehead atoms. The first-order valence-electron chi connectivity index (χ1n) is 5.02. The predicted octanol–water partition coefficient (Wildman–Crippen LogP) is 2.92. The molecule has 6 heteroatoms. The first kappa shape index (κ1) is 11.7. The van der Waals surface area contributed by atoms with Crippen molar-refractivity contribution in [3.05, 3.63) is 36.4 Å². The first-order chi connectivity index (χ1) is 8.58. The van der Waals surface area contributed by atoms with Crippen LogP contribution in [0.25, 0.3) is 0 Å². The monoisotopic (exact) mass is 246 g/mol. The number of phenols is 4. The maximum absolute atomic E-state index is 9.50. The standard InChI is InChI=1S/C12H10N2O4/c15-8-3-1-7(2-4-8)13-14-9-5-6-10(16)12(18)11(9)17/h1-6,15-18H. The molecule has 4 N–H and O–H groups in total. The number of phenolic OH excluding ortho intramolecular Hbond substituents is 4. The van der Waals surface area contributed by atoms with Gasteiger partial charge < -0.3 is 20.4 Å². The lowest BCUT2D eigenvalue weighted by atomic mass is 10.2. The Morgan fingerprint density at radius 1 is 0.667 bits per heavy atom. The molecule has 0 radical (unpaired) electrons. The summed E-state index contributed by atoms with van der Waals surface area (Å²) in [4.78, 5) is 0. The lowest BCUT2D eigenvalue weighted by Crippen LogP contribution is -1.72. The molecule has 0 aliphatic rings. The van der Waals surface area contributed by atoms with Gasteiger partial charge in [-0.2, -0.15) is 5.11 Å². The Balaban J connectivity index is 2.29. The fourth-order valence-electron chi connectivity index (χ4n) is 1.27. The number of aromatic hydroxyl groups is 4. The zero-order valence-electron chi connectivity index (χ0n) is 9.15. The molecular formula is C12H10N2O4. The Morgan fingerprint density at radius 3 is 2.00 bits per heavy atom. The maximum atomic E-state index is 9.50. The van der Waals surface area contributed by atoms with Crippen LogP contribution < -0.4 is 0 Å². The van der Waals surface area contributed by atoms with E-state index >= 15 is 0 Å². The highest BCUT2D eigenvalue weighted by atomic mass is 16.3. The average Bonchev–Trinajstić information content (AvgIpc) is 2.37. The van der Waals surface area contributed by atoms with Crippen LogP contribution in [-0.2, 0) is 0 Å². The van der Waals surface area contributed by atoms with Crippen LogP contribution in [0.2, 0.25) is 0 Å². The van der Waals surface area contributed by atoms with E-state index in [4.69, 9.17) is 10.2 Å². The SMILES string of the molecule is Oc1ccc(N=Nc2ccc(O)c(O)c2O)cc1. The molecule has 0 aliphatic heterocycles. The minimum atomic E-state index is -0.642. The lowest BCUT2D eigenvalue weighted by molar-refractivity contribution is 0.368. The second kappa shape index (κ2) is 4.62. The normalized spacial score (nSPS) is 10.9. The molecule has 0 unspecified atom stereocenters. The van der Waals surface area contributed by atoms with Crippen LogP contribution in [0, 0.1) is 0 Å². The van der Waals surface area contributed by atoms with Gasteiger partial charge in [-0.3, -0.25) is 0 Å². The molecule has 2 aromatic rings. The average molecular weight is 246 g/mol. The second-order valence-corrected chi connectivity index (χ2v) is 3.52. The van der Waals surface area contributed by atoms with E-state index in [2.05, 4.69) is 10.2 Å². The summed E-state index contributed by atoms with van der Waals surface area (Å²) in [6.45, 7) is 0. The molecule has 0 heterocycles. The largest absolute Gasteiger partial charge is 0.508 e. The van der Waals surface area contributed by atoms with Crippen LogP contribution >= 0.6 is 0 Å². The summed E-state index contributed by atoms with van der Waals surface area (Å²) in [5.74, 6) is -1.51. The molecule has 0 atom stereocenters. The zero-order valence-corrected chi connectivity index (χ0v) is 9.15. The van der Waals surface area contributed by atoms with Crippen molar-refractivity contribution in [2.45, 2.75) is 0 Å². The van der Waals surface area contributed by atoms with E-state index in [1.165, 1.54) is 36.4 Å². The fraction of sp³-hybridized carbons (Fsp3) is 0. The molecule has 0 saturated heterocycles. The van der Waals surface area contributed by atoms with Gasteiger partial charge in [0.1, 0.15) is 11.4 Å². The van der Waals surface area contributed by atoms with Gasteiger partial charge in [-0.05, 0) is 36.4 Å². The summed E-state index contributed by atoms with van der Waals surface area (Å²) < 4.78 is 0. The smallest absolute Gasteiger partial charge is 0.202 e. The number of hydrogen-bond acceptors (Lipinski definition) is 6. The van der Waals surface area contributed by atoms with E-state index in [-0.39, 0.29) is 11.4 Å². The molecule has 0 amide bonds. The van der Waals surface area contributed by atoms with Crippen LogP contribution in [0.3, 0.4) is 0 Å². The second-order valence-electron chi connectivity index (χ2n) is 3.52.